The summed E-state index contributed by atoms with van der Waals surface area (Å²) in [6, 6.07) is 19.9. The summed E-state index contributed by atoms with van der Waals surface area (Å²) in [7, 11) is -1.18. The van der Waals surface area contributed by atoms with E-state index in [0.717, 1.165) is 28.2 Å². The quantitative estimate of drug-likeness (QED) is 0.175. The van der Waals surface area contributed by atoms with Crippen LogP contribution in [0.5, 0.6) is 5.75 Å². The van der Waals surface area contributed by atoms with Crippen LogP contribution in [-0.2, 0) is 16.3 Å². The first-order valence-electron chi connectivity index (χ1n) is 14.9. The van der Waals surface area contributed by atoms with E-state index >= 15 is 0 Å². The van der Waals surface area contributed by atoms with E-state index in [1.807, 2.05) is 82.1 Å². The number of ether oxygens (including phenoxy) is 2. The highest BCUT2D eigenvalue weighted by Gasteiger charge is 2.33. The lowest BCUT2D eigenvalue weighted by molar-refractivity contribution is -0.142. The number of aromatic nitrogens is 3. The van der Waals surface area contributed by atoms with Gasteiger partial charge < -0.3 is 19.3 Å². The molecule has 2 amide bonds. The predicted molar refractivity (Wildman–Crippen MR) is 171 cm³/mol. The fourth-order valence-corrected chi connectivity index (χ4v) is 6.11. The van der Waals surface area contributed by atoms with Crippen LogP contribution in [0.4, 0.5) is 0 Å². The molecule has 2 atom stereocenters. The summed E-state index contributed by atoms with van der Waals surface area (Å²) >= 11 is 0. The van der Waals surface area contributed by atoms with Gasteiger partial charge in [-0.15, -0.1) is 0 Å². The van der Waals surface area contributed by atoms with Crippen molar-refractivity contribution in [1.82, 2.24) is 24.6 Å². The second-order valence-corrected chi connectivity index (χ2v) is 18.0. The zero-order chi connectivity index (χ0) is 30.6. The van der Waals surface area contributed by atoms with Crippen LogP contribution in [0, 0.1) is 0 Å². The second kappa shape index (κ2) is 13.1. The maximum Gasteiger partial charge on any atom is 0.263 e. The van der Waals surface area contributed by atoms with Gasteiger partial charge in [-0.1, -0.05) is 37.8 Å². The van der Waals surface area contributed by atoms with Gasteiger partial charge in [0.05, 0.1) is 11.2 Å². The van der Waals surface area contributed by atoms with E-state index in [9.17, 15) is 9.59 Å². The molecule has 0 radical (unpaired) electrons. The van der Waals surface area contributed by atoms with Crippen LogP contribution in [0.25, 0.3) is 22.2 Å². The summed E-state index contributed by atoms with van der Waals surface area (Å²) in [6.07, 6.45) is 2.82. The fourth-order valence-electron chi connectivity index (χ4n) is 5.36. The number of hydrogen-bond donors (Lipinski definition) is 0. The number of amides is 2. The molecule has 43 heavy (non-hydrogen) atoms. The number of carbonyl (C=O) groups excluding carboxylic acids is 2. The third kappa shape index (κ3) is 7.14. The number of piperazine rings is 1. The first-order chi connectivity index (χ1) is 20.6. The summed E-state index contributed by atoms with van der Waals surface area (Å²) < 4.78 is 14.1. The van der Waals surface area contributed by atoms with Gasteiger partial charge in [0.25, 0.3) is 11.8 Å². The molecule has 5 rings (SSSR count). The fraction of sp³-hybridized carbons (Fsp3) is 0.394. The van der Waals surface area contributed by atoms with Crippen molar-refractivity contribution in [1.29, 1.82) is 0 Å². The molecule has 1 aliphatic rings. The highest BCUT2D eigenvalue weighted by molar-refractivity contribution is 6.76. The molecular formula is C33H41N5O4Si. The molecule has 4 aromatic rings. The molecule has 0 unspecified atom stereocenters. The van der Waals surface area contributed by atoms with Crippen LogP contribution in [0.2, 0.25) is 25.7 Å². The van der Waals surface area contributed by atoms with Gasteiger partial charge in [-0.05, 0) is 62.4 Å². The Labute approximate surface area is 254 Å². The minimum absolute atomic E-state index is 0.0117. The Hall–Kier alpha value is -4.02. The summed E-state index contributed by atoms with van der Waals surface area (Å²) in [5.74, 6) is 0.479. The lowest BCUT2D eigenvalue weighted by Gasteiger charge is -2.40. The number of carbonyl (C=O) groups is 2. The van der Waals surface area contributed by atoms with Gasteiger partial charge in [0, 0.05) is 69.3 Å². The first-order valence-corrected chi connectivity index (χ1v) is 18.6. The lowest BCUT2D eigenvalue weighted by atomic mass is 10.1. The van der Waals surface area contributed by atoms with E-state index in [1.54, 1.807) is 19.3 Å². The summed E-state index contributed by atoms with van der Waals surface area (Å²) in [6.45, 7) is 13.2. The average Bonchev–Trinajstić information content (AvgIpc) is 3.47. The molecule has 10 heteroatoms. The van der Waals surface area contributed by atoms with Gasteiger partial charge in [-0.3, -0.25) is 14.6 Å². The van der Waals surface area contributed by atoms with Crippen LogP contribution in [0.1, 0.15) is 24.2 Å². The van der Waals surface area contributed by atoms with Crippen molar-refractivity contribution < 1.29 is 19.1 Å². The van der Waals surface area contributed by atoms with E-state index < -0.39 is 14.2 Å². The molecule has 2 aromatic heterocycles. The molecule has 0 aliphatic carbocycles. The Morgan fingerprint density at radius 2 is 1.79 bits per heavy atom. The maximum atomic E-state index is 13.5. The average molecular weight is 600 g/mol. The molecular weight excluding hydrogens is 558 g/mol. The molecule has 1 aliphatic heterocycles. The third-order valence-electron chi connectivity index (χ3n) is 7.80. The number of hydrogen-bond acceptors (Lipinski definition) is 6. The van der Waals surface area contributed by atoms with Crippen LogP contribution in [0.15, 0.2) is 73.1 Å². The van der Waals surface area contributed by atoms with Gasteiger partial charge in [-0.25, -0.2) is 4.68 Å². The molecule has 226 valence electrons. The van der Waals surface area contributed by atoms with Crippen molar-refractivity contribution in [3.63, 3.8) is 0 Å². The first kappa shape index (κ1) is 30.4. The van der Waals surface area contributed by atoms with Crippen molar-refractivity contribution in [3.05, 3.63) is 78.6 Å². The standard InChI is InChI=1S/C33H41N5O4Si/c1-24-22-36(33(40)26-10-7-6-8-11-26)18-19-37(24)32(39)25(2)42-30-14-13-27(31-28(30)12-9-16-34-31)29-15-17-35-38(29)23-41-20-21-43(3,4)5/h6-17,24-25H,18-23H2,1-5H3/t24-,25+/m1/s1. The van der Waals surface area contributed by atoms with Gasteiger partial charge in [-0.2, -0.15) is 5.10 Å². The smallest absolute Gasteiger partial charge is 0.263 e. The molecule has 3 heterocycles. The molecule has 0 N–H and O–H groups in total. The summed E-state index contributed by atoms with van der Waals surface area (Å²) in [4.78, 5) is 34.8. The summed E-state index contributed by atoms with van der Waals surface area (Å²) in [5.41, 5.74) is 3.25. The van der Waals surface area contributed by atoms with Crippen molar-refractivity contribution in [2.75, 3.05) is 26.2 Å². The summed E-state index contributed by atoms with van der Waals surface area (Å²) in [5, 5.41) is 5.31. The molecule has 0 spiro atoms. The molecule has 9 nitrogen and oxygen atoms in total. The van der Waals surface area contributed by atoms with E-state index in [-0.39, 0.29) is 17.9 Å². The molecule has 0 saturated carbocycles. The van der Waals surface area contributed by atoms with E-state index in [2.05, 4.69) is 29.7 Å². The van der Waals surface area contributed by atoms with Crippen LogP contribution in [0.3, 0.4) is 0 Å². The molecule has 2 aromatic carbocycles. The number of nitrogens with zero attached hydrogens (tertiary/aromatic N) is 5. The van der Waals surface area contributed by atoms with Crippen molar-refractivity contribution in [2.24, 2.45) is 0 Å². The van der Waals surface area contributed by atoms with Gasteiger partial charge in [0.2, 0.25) is 0 Å². The van der Waals surface area contributed by atoms with E-state index in [0.29, 0.717) is 44.3 Å². The number of benzene rings is 2. The Morgan fingerprint density at radius 1 is 1.00 bits per heavy atom. The normalized spacial score (nSPS) is 16.3. The van der Waals surface area contributed by atoms with Crippen molar-refractivity contribution in [3.8, 4) is 17.0 Å². The van der Waals surface area contributed by atoms with Gasteiger partial charge in [0.15, 0.2) is 6.10 Å². The zero-order valence-corrected chi connectivity index (χ0v) is 26.7. The van der Waals surface area contributed by atoms with Crippen LogP contribution in [-0.4, -0.2) is 82.8 Å². The Balaban J connectivity index is 1.27. The predicted octanol–water partition coefficient (Wildman–Crippen LogP) is 5.55. The van der Waals surface area contributed by atoms with Gasteiger partial charge >= 0.3 is 0 Å². The minimum atomic E-state index is -1.18. The molecule has 0 bridgehead atoms. The Kier molecular flexibility index (Phi) is 9.27. The largest absolute Gasteiger partial charge is 0.480 e. The SMILES string of the molecule is C[C@H](Oc1ccc(-c2ccnn2COCC[Si](C)(C)C)c2ncccc12)C(=O)N1CCN(C(=O)c2ccccc2)C[C@H]1C. The Bertz CT molecular complexity index is 1570. The Morgan fingerprint density at radius 3 is 2.53 bits per heavy atom. The van der Waals surface area contributed by atoms with Gasteiger partial charge in [0.1, 0.15) is 12.5 Å². The molecule has 1 saturated heterocycles. The third-order valence-corrected chi connectivity index (χ3v) is 9.51. The van der Waals surface area contributed by atoms with E-state index in [1.165, 1.54) is 0 Å². The van der Waals surface area contributed by atoms with Crippen molar-refractivity contribution in [2.45, 2.75) is 58.4 Å². The monoisotopic (exact) mass is 599 g/mol. The van der Waals surface area contributed by atoms with Crippen LogP contribution < -0.4 is 4.74 Å². The zero-order valence-electron chi connectivity index (χ0n) is 25.7. The topological polar surface area (TPSA) is 89.8 Å². The second-order valence-electron chi connectivity index (χ2n) is 12.3. The van der Waals surface area contributed by atoms with Crippen LogP contribution >= 0.6 is 0 Å². The lowest BCUT2D eigenvalue weighted by Crippen LogP contribution is -2.57. The number of rotatable bonds is 10. The maximum absolute atomic E-state index is 13.5. The highest BCUT2D eigenvalue weighted by Crippen LogP contribution is 2.34. The molecule has 1 fully saturated rings. The van der Waals surface area contributed by atoms with Crippen molar-refractivity contribution >= 4 is 30.8 Å². The minimum Gasteiger partial charge on any atom is -0.480 e. The highest BCUT2D eigenvalue weighted by atomic mass is 28.3. The van der Waals surface area contributed by atoms with E-state index in [4.69, 9.17) is 9.47 Å². The number of fused-ring (bicyclic) bond motifs is 1. The number of pyridine rings is 1.